The first-order valence-electron chi connectivity index (χ1n) is 8.07. The highest BCUT2D eigenvalue weighted by Crippen LogP contribution is 2.28. The number of anilines is 1. The molecule has 1 aromatic rings. The summed E-state index contributed by atoms with van der Waals surface area (Å²) in [6.45, 7) is 6.69. The Morgan fingerprint density at radius 1 is 1.23 bits per heavy atom. The average Bonchev–Trinajstić information content (AvgIpc) is 2.93. The van der Waals surface area contributed by atoms with Gasteiger partial charge in [-0.1, -0.05) is 0 Å². The van der Waals surface area contributed by atoms with Crippen molar-refractivity contribution in [2.24, 2.45) is 0 Å². The Morgan fingerprint density at radius 3 is 2.55 bits per heavy atom. The number of carbonyl (C=O) groups excluding carboxylic acids is 1. The molecule has 120 valence electrons. The molecular weight excluding hydrogens is 280 g/mol. The summed E-state index contributed by atoms with van der Waals surface area (Å²) in [4.78, 5) is 24.8. The van der Waals surface area contributed by atoms with Crippen LogP contribution in [-0.2, 0) is 4.79 Å². The summed E-state index contributed by atoms with van der Waals surface area (Å²) in [7, 11) is 0. The standard InChI is InChI=1S/C16H24N4O2/c1-11-9-15(20-8-5-14(22)10-20)18-16(17-11)13-3-6-19(7-4-13)12(2)21/h9,13-14,22H,3-8,10H2,1-2H3. The van der Waals surface area contributed by atoms with Gasteiger partial charge in [0.1, 0.15) is 11.6 Å². The molecule has 0 spiro atoms. The summed E-state index contributed by atoms with van der Waals surface area (Å²) >= 11 is 0. The van der Waals surface area contributed by atoms with Crippen LogP contribution in [0.1, 0.15) is 43.6 Å². The first-order chi connectivity index (χ1) is 10.5. The van der Waals surface area contributed by atoms with Gasteiger partial charge in [-0.25, -0.2) is 9.97 Å². The Bertz CT molecular complexity index is 555. The number of nitrogens with zero attached hydrogens (tertiary/aromatic N) is 4. The Morgan fingerprint density at radius 2 is 1.95 bits per heavy atom. The van der Waals surface area contributed by atoms with E-state index < -0.39 is 0 Å². The number of aryl methyl sites for hydroxylation is 1. The molecule has 2 saturated heterocycles. The van der Waals surface area contributed by atoms with Crippen molar-refractivity contribution in [3.63, 3.8) is 0 Å². The van der Waals surface area contributed by atoms with Gasteiger partial charge in [-0.15, -0.1) is 0 Å². The van der Waals surface area contributed by atoms with E-state index in [1.54, 1.807) is 6.92 Å². The van der Waals surface area contributed by atoms with Crippen molar-refractivity contribution < 1.29 is 9.90 Å². The predicted molar refractivity (Wildman–Crippen MR) is 83.8 cm³/mol. The zero-order chi connectivity index (χ0) is 15.7. The van der Waals surface area contributed by atoms with Crippen molar-refractivity contribution in [1.82, 2.24) is 14.9 Å². The third-order valence-corrected chi connectivity index (χ3v) is 4.65. The van der Waals surface area contributed by atoms with E-state index in [0.29, 0.717) is 12.5 Å². The predicted octanol–water partition coefficient (Wildman–Crippen LogP) is 1.08. The Labute approximate surface area is 131 Å². The second-order valence-electron chi connectivity index (χ2n) is 6.39. The molecule has 1 aromatic heterocycles. The minimum Gasteiger partial charge on any atom is -0.391 e. The number of rotatable bonds is 2. The van der Waals surface area contributed by atoms with Gasteiger partial charge in [0.15, 0.2) is 0 Å². The molecule has 1 unspecified atom stereocenters. The third kappa shape index (κ3) is 3.21. The van der Waals surface area contributed by atoms with E-state index in [9.17, 15) is 9.90 Å². The molecule has 2 fully saturated rings. The number of aliphatic hydroxyl groups excluding tert-OH is 1. The third-order valence-electron chi connectivity index (χ3n) is 4.65. The number of carbonyl (C=O) groups is 1. The minimum atomic E-state index is -0.252. The van der Waals surface area contributed by atoms with E-state index in [-0.39, 0.29) is 12.0 Å². The van der Waals surface area contributed by atoms with Crippen LogP contribution in [0.5, 0.6) is 0 Å². The minimum absolute atomic E-state index is 0.148. The summed E-state index contributed by atoms with van der Waals surface area (Å²) in [5.74, 6) is 2.28. The largest absolute Gasteiger partial charge is 0.391 e. The fourth-order valence-corrected chi connectivity index (χ4v) is 3.32. The van der Waals surface area contributed by atoms with Crippen LogP contribution in [0.4, 0.5) is 5.82 Å². The van der Waals surface area contributed by atoms with Crippen LogP contribution in [0, 0.1) is 6.92 Å². The van der Waals surface area contributed by atoms with Crippen molar-refractivity contribution in [2.45, 2.75) is 45.1 Å². The van der Waals surface area contributed by atoms with E-state index in [1.165, 1.54) is 0 Å². The zero-order valence-corrected chi connectivity index (χ0v) is 13.3. The molecule has 0 aliphatic carbocycles. The Hall–Kier alpha value is -1.69. The number of amides is 1. The number of hydrogen-bond donors (Lipinski definition) is 1. The van der Waals surface area contributed by atoms with Crippen LogP contribution < -0.4 is 4.90 Å². The molecule has 0 aromatic carbocycles. The average molecular weight is 304 g/mol. The van der Waals surface area contributed by atoms with Gasteiger partial charge in [0.2, 0.25) is 5.91 Å². The molecule has 1 N–H and O–H groups in total. The normalized spacial score (nSPS) is 23.1. The molecule has 1 atom stereocenters. The lowest BCUT2D eigenvalue weighted by Crippen LogP contribution is -2.36. The van der Waals surface area contributed by atoms with Gasteiger partial charge in [-0.05, 0) is 26.2 Å². The fourth-order valence-electron chi connectivity index (χ4n) is 3.32. The number of piperidine rings is 1. The van der Waals surface area contributed by atoms with E-state index in [1.807, 2.05) is 17.9 Å². The van der Waals surface area contributed by atoms with Gasteiger partial charge in [0.05, 0.1) is 6.10 Å². The maximum Gasteiger partial charge on any atom is 0.219 e. The topological polar surface area (TPSA) is 69.6 Å². The molecule has 3 rings (SSSR count). The number of β-amino-alcohol motifs (C(OH)–C–C–N with tert-alkyl or cyclic N) is 1. The Balaban J connectivity index is 1.74. The summed E-state index contributed by atoms with van der Waals surface area (Å²) in [6, 6.07) is 1.99. The molecular formula is C16H24N4O2. The maximum absolute atomic E-state index is 11.4. The lowest BCUT2D eigenvalue weighted by Gasteiger charge is -2.31. The van der Waals surface area contributed by atoms with Gasteiger partial charge >= 0.3 is 0 Å². The molecule has 0 bridgehead atoms. The fraction of sp³-hybridized carbons (Fsp3) is 0.688. The lowest BCUT2D eigenvalue weighted by molar-refractivity contribution is -0.129. The van der Waals surface area contributed by atoms with Crippen molar-refractivity contribution in [2.75, 3.05) is 31.1 Å². The highest BCUT2D eigenvalue weighted by molar-refractivity contribution is 5.73. The first-order valence-corrected chi connectivity index (χ1v) is 8.07. The van der Waals surface area contributed by atoms with Gasteiger partial charge in [0, 0.05) is 50.8 Å². The monoisotopic (exact) mass is 304 g/mol. The molecule has 3 heterocycles. The number of likely N-dealkylation sites (tertiary alicyclic amines) is 1. The van der Waals surface area contributed by atoms with Crippen molar-refractivity contribution in [1.29, 1.82) is 0 Å². The van der Waals surface area contributed by atoms with Crippen LogP contribution in [0.25, 0.3) is 0 Å². The van der Waals surface area contributed by atoms with Gasteiger partial charge in [-0.3, -0.25) is 4.79 Å². The smallest absolute Gasteiger partial charge is 0.219 e. The Kier molecular flexibility index (Phi) is 4.29. The zero-order valence-electron chi connectivity index (χ0n) is 13.3. The lowest BCUT2D eigenvalue weighted by atomic mass is 9.96. The molecule has 0 radical (unpaired) electrons. The van der Waals surface area contributed by atoms with E-state index in [4.69, 9.17) is 4.98 Å². The number of aliphatic hydroxyl groups is 1. The number of aromatic nitrogens is 2. The highest BCUT2D eigenvalue weighted by atomic mass is 16.3. The van der Waals surface area contributed by atoms with Crippen LogP contribution in [0.15, 0.2) is 6.07 Å². The second kappa shape index (κ2) is 6.20. The van der Waals surface area contributed by atoms with Crippen LogP contribution in [0.3, 0.4) is 0 Å². The molecule has 1 amide bonds. The van der Waals surface area contributed by atoms with Crippen molar-refractivity contribution >= 4 is 11.7 Å². The number of hydrogen-bond acceptors (Lipinski definition) is 5. The van der Waals surface area contributed by atoms with E-state index in [0.717, 1.165) is 56.2 Å². The SMILES string of the molecule is CC(=O)N1CCC(c2nc(C)cc(N3CCC(O)C3)n2)CC1. The van der Waals surface area contributed by atoms with Crippen LogP contribution >= 0.6 is 0 Å². The van der Waals surface area contributed by atoms with Crippen molar-refractivity contribution in [3.8, 4) is 0 Å². The molecule has 2 aliphatic rings. The van der Waals surface area contributed by atoms with Crippen molar-refractivity contribution in [3.05, 3.63) is 17.6 Å². The van der Waals surface area contributed by atoms with Crippen LogP contribution in [-0.4, -0.2) is 58.2 Å². The van der Waals surface area contributed by atoms with Gasteiger partial charge < -0.3 is 14.9 Å². The second-order valence-corrected chi connectivity index (χ2v) is 6.39. The molecule has 6 heteroatoms. The summed E-state index contributed by atoms with van der Waals surface area (Å²) in [5.41, 5.74) is 0.968. The van der Waals surface area contributed by atoms with E-state index >= 15 is 0 Å². The van der Waals surface area contributed by atoms with Gasteiger partial charge in [0.25, 0.3) is 0 Å². The molecule has 6 nitrogen and oxygen atoms in total. The molecule has 0 saturated carbocycles. The quantitative estimate of drug-likeness (QED) is 0.885. The maximum atomic E-state index is 11.4. The highest BCUT2D eigenvalue weighted by Gasteiger charge is 2.26. The van der Waals surface area contributed by atoms with E-state index in [2.05, 4.69) is 9.88 Å². The molecule has 2 aliphatic heterocycles. The molecule has 22 heavy (non-hydrogen) atoms. The summed E-state index contributed by atoms with van der Waals surface area (Å²) in [5, 5.41) is 9.71. The van der Waals surface area contributed by atoms with Gasteiger partial charge in [-0.2, -0.15) is 0 Å². The van der Waals surface area contributed by atoms with Crippen LogP contribution in [0.2, 0.25) is 0 Å². The first kappa shape index (κ1) is 15.2. The summed E-state index contributed by atoms with van der Waals surface area (Å²) in [6.07, 6.45) is 2.39. The summed E-state index contributed by atoms with van der Waals surface area (Å²) < 4.78 is 0.